The molecule has 0 bridgehead atoms. The van der Waals surface area contributed by atoms with Gasteiger partial charge >= 0.3 is 0 Å². The van der Waals surface area contributed by atoms with Crippen LogP contribution in [0.25, 0.3) is 0 Å². The maximum absolute atomic E-state index is 5.77. The van der Waals surface area contributed by atoms with Crippen LogP contribution in [0.3, 0.4) is 0 Å². The van der Waals surface area contributed by atoms with Crippen LogP contribution in [0.1, 0.15) is 39.6 Å². The molecule has 1 aromatic rings. The topological polar surface area (TPSA) is 41.5 Å². The summed E-state index contributed by atoms with van der Waals surface area (Å²) in [6, 6.07) is 0. The fourth-order valence-electron chi connectivity index (χ4n) is 2.53. The summed E-state index contributed by atoms with van der Waals surface area (Å²) in [6.45, 7) is 14.9. The minimum absolute atomic E-state index is 0.0752. The van der Waals surface area contributed by atoms with Gasteiger partial charge in [-0.2, -0.15) is 0 Å². The molecule has 1 fully saturated rings. The molecule has 0 spiro atoms. The summed E-state index contributed by atoms with van der Waals surface area (Å²) in [6.07, 6.45) is 0.654. The number of nitrogens with zero attached hydrogens (tertiary/aromatic N) is 4. The van der Waals surface area contributed by atoms with E-state index in [1.54, 1.807) is 11.3 Å². The lowest BCUT2D eigenvalue weighted by atomic mass is 9.98. The second-order valence-electron chi connectivity index (χ2n) is 7.08. The summed E-state index contributed by atoms with van der Waals surface area (Å²) >= 11 is 1.70. The maximum atomic E-state index is 5.77. The highest BCUT2D eigenvalue weighted by Crippen LogP contribution is 2.29. The molecule has 21 heavy (non-hydrogen) atoms. The summed E-state index contributed by atoms with van der Waals surface area (Å²) in [7, 11) is 2.10. The summed E-state index contributed by atoms with van der Waals surface area (Å²) < 4.78 is 5.77. The lowest BCUT2D eigenvalue weighted by Gasteiger charge is -2.36. The first-order valence-electron chi connectivity index (χ1n) is 7.68. The Bertz CT molecular complexity index is 447. The van der Waals surface area contributed by atoms with Crippen LogP contribution in [0.5, 0.6) is 0 Å². The third kappa shape index (κ3) is 4.63. The van der Waals surface area contributed by atoms with Crippen LogP contribution in [-0.2, 0) is 10.2 Å². The highest BCUT2D eigenvalue weighted by molar-refractivity contribution is 7.15. The first kappa shape index (κ1) is 16.6. The predicted octanol–water partition coefficient (Wildman–Crippen LogP) is 2.38. The molecule has 120 valence electrons. The fourth-order valence-corrected chi connectivity index (χ4v) is 3.42. The molecule has 0 radical (unpaired) electrons. The van der Waals surface area contributed by atoms with Gasteiger partial charge in [-0.25, -0.2) is 0 Å². The molecule has 5 nitrogen and oxygen atoms in total. The lowest BCUT2D eigenvalue weighted by molar-refractivity contribution is -0.0670. The van der Waals surface area contributed by atoms with E-state index in [1.807, 2.05) is 0 Å². The van der Waals surface area contributed by atoms with Crippen molar-refractivity contribution in [2.75, 3.05) is 38.1 Å². The molecule has 1 saturated heterocycles. The van der Waals surface area contributed by atoms with Gasteiger partial charge in [-0.3, -0.25) is 4.90 Å². The standard InChI is InChI=1S/C15H28N4OS/c1-11-9-19(10-12(2)20-11)8-7-18(6)14-17-16-13(21-14)15(3,4)5/h11-12H,7-10H2,1-6H3/t11-,12+. The van der Waals surface area contributed by atoms with Crippen LogP contribution in [0, 0.1) is 0 Å². The molecule has 0 aromatic carbocycles. The molecule has 1 aliphatic heterocycles. The Morgan fingerprint density at radius 1 is 1.24 bits per heavy atom. The Labute approximate surface area is 132 Å². The highest BCUT2D eigenvalue weighted by Gasteiger charge is 2.23. The van der Waals surface area contributed by atoms with Crippen molar-refractivity contribution < 1.29 is 4.74 Å². The van der Waals surface area contributed by atoms with Gasteiger partial charge in [-0.15, -0.1) is 10.2 Å². The SMILES string of the molecule is C[C@@H]1CN(CCN(C)c2nnc(C(C)(C)C)s2)C[C@H](C)O1. The van der Waals surface area contributed by atoms with Crippen LogP contribution in [-0.4, -0.2) is 60.5 Å². The first-order chi connectivity index (χ1) is 9.75. The van der Waals surface area contributed by atoms with E-state index in [0.717, 1.165) is 36.3 Å². The minimum Gasteiger partial charge on any atom is -0.373 e. The molecule has 0 unspecified atom stereocenters. The Hall–Kier alpha value is -0.720. The number of likely N-dealkylation sites (N-methyl/N-ethyl adjacent to an activating group) is 1. The molecule has 6 heteroatoms. The first-order valence-corrected chi connectivity index (χ1v) is 8.50. The van der Waals surface area contributed by atoms with Crippen molar-refractivity contribution in [3.05, 3.63) is 5.01 Å². The zero-order valence-electron chi connectivity index (χ0n) is 14.1. The number of ether oxygens (including phenoxy) is 1. The Balaban J connectivity index is 1.87. The summed E-state index contributed by atoms with van der Waals surface area (Å²) in [5, 5.41) is 10.8. The fraction of sp³-hybridized carbons (Fsp3) is 0.867. The van der Waals surface area contributed by atoms with E-state index in [9.17, 15) is 0 Å². The molecule has 2 heterocycles. The molecule has 1 aliphatic rings. The number of hydrogen-bond acceptors (Lipinski definition) is 6. The molecular weight excluding hydrogens is 284 g/mol. The largest absolute Gasteiger partial charge is 0.373 e. The molecular formula is C15H28N4OS. The van der Waals surface area contributed by atoms with Crippen molar-refractivity contribution >= 4 is 16.5 Å². The lowest BCUT2D eigenvalue weighted by Crippen LogP contribution is -2.47. The van der Waals surface area contributed by atoms with Crippen LogP contribution < -0.4 is 4.90 Å². The van der Waals surface area contributed by atoms with Gasteiger partial charge in [0.05, 0.1) is 12.2 Å². The van der Waals surface area contributed by atoms with Crippen molar-refractivity contribution in [1.82, 2.24) is 15.1 Å². The highest BCUT2D eigenvalue weighted by atomic mass is 32.1. The zero-order valence-corrected chi connectivity index (χ0v) is 14.9. The Morgan fingerprint density at radius 3 is 2.38 bits per heavy atom. The average Bonchev–Trinajstić information content (AvgIpc) is 2.84. The van der Waals surface area contributed by atoms with Gasteiger partial charge in [0, 0.05) is 38.6 Å². The molecule has 1 aromatic heterocycles. The smallest absolute Gasteiger partial charge is 0.208 e. The van der Waals surface area contributed by atoms with Gasteiger partial charge in [0.1, 0.15) is 5.01 Å². The van der Waals surface area contributed by atoms with Gasteiger partial charge in [0.25, 0.3) is 0 Å². The van der Waals surface area contributed by atoms with Crippen LogP contribution >= 0.6 is 11.3 Å². The van der Waals surface area contributed by atoms with Crippen LogP contribution in [0.4, 0.5) is 5.13 Å². The van der Waals surface area contributed by atoms with E-state index in [2.05, 4.69) is 61.7 Å². The quantitative estimate of drug-likeness (QED) is 0.854. The van der Waals surface area contributed by atoms with Crippen LogP contribution in [0.2, 0.25) is 0 Å². The number of aromatic nitrogens is 2. The molecule has 2 atom stereocenters. The van der Waals surface area contributed by atoms with Gasteiger partial charge in [-0.1, -0.05) is 32.1 Å². The van der Waals surface area contributed by atoms with Crippen molar-refractivity contribution in [2.45, 2.75) is 52.2 Å². The van der Waals surface area contributed by atoms with Gasteiger partial charge < -0.3 is 9.64 Å². The Morgan fingerprint density at radius 2 is 1.86 bits per heavy atom. The molecule has 0 N–H and O–H groups in total. The van der Waals surface area contributed by atoms with Crippen LogP contribution in [0.15, 0.2) is 0 Å². The number of morpholine rings is 1. The average molecular weight is 312 g/mol. The Kier molecular flexibility index (Phi) is 5.22. The maximum Gasteiger partial charge on any atom is 0.208 e. The number of anilines is 1. The van der Waals surface area contributed by atoms with Crippen molar-refractivity contribution in [3.8, 4) is 0 Å². The summed E-state index contributed by atoms with van der Waals surface area (Å²) in [4.78, 5) is 4.68. The van der Waals surface area contributed by atoms with Gasteiger partial charge in [-0.05, 0) is 13.8 Å². The summed E-state index contributed by atoms with van der Waals surface area (Å²) in [5.74, 6) is 0. The van der Waals surface area contributed by atoms with Crippen molar-refractivity contribution in [2.24, 2.45) is 0 Å². The number of hydrogen-bond donors (Lipinski definition) is 0. The predicted molar refractivity (Wildman–Crippen MR) is 88.3 cm³/mol. The zero-order chi connectivity index (χ0) is 15.6. The monoisotopic (exact) mass is 312 g/mol. The molecule has 0 saturated carbocycles. The third-order valence-electron chi connectivity index (χ3n) is 3.63. The molecule has 0 amide bonds. The van der Waals surface area contributed by atoms with Crippen molar-refractivity contribution in [1.29, 1.82) is 0 Å². The van der Waals surface area contributed by atoms with E-state index in [1.165, 1.54) is 0 Å². The van der Waals surface area contributed by atoms with E-state index in [0.29, 0.717) is 12.2 Å². The van der Waals surface area contributed by atoms with E-state index < -0.39 is 0 Å². The van der Waals surface area contributed by atoms with E-state index in [-0.39, 0.29) is 5.41 Å². The number of rotatable bonds is 4. The third-order valence-corrected chi connectivity index (χ3v) is 5.09. The van der Waals surface area contributed by atoms with Crippen molar-refractivity contribution in [3.63, 3.8) is 0 Å². The molecule has 2 rings (SSSR count). The van der Waals surface area contributed by atoms with Gasteiger partial charge in [0.2, 0.25) is 5.13 Å². The normalized spacial score (nSPS) is 24.3. The second kappa shape index (κ2) is 6.58. The van der Waals surface area contributed by atoms with Gasteiger partial charge in [0.15, 0.2) is 0 Å². The second-order valence-corrected chi connectivity index (χ2v) is 8.03. The minimum atomic E-state index is 0.0752. The summed E-state index contributed by atoms with van der Waals surface area (Å²) in [5.41, 5.74) is 0.0752. The molecule has 0 aliphatic carbocycles. The van der Waals surface area contributed by atoms with E-state index in [4.69, 9.17) is 4.74 Å². The van der Waals surface area contributed by atoms with E-state index >= 15 is 0 Å².